The second-order valence-corrected chi connectivity index (χ2v) is 3.81. The third kappa shape index (κ3) is 1.02. The molecule has 5 heteroatoms. The van der Waals surface area contributed by atoms with Gasteiger partial charge in [-0.2, -0.15) is 0 Å². The topological polar surface area (TPSA) is 56.0 Å². The smallest absolute Gasteiger partial charge is 0.149 e. The molecule has 4 heterocycles. The van der Waals surface area contributed by atoms with Crippen LogP contribution >= 0.6 is 0 Å². The molecule has 0 atom stereocenters. The fourth-order valence-corrected chi connectivity index (χ4v) is 2.17. The number of hydrogen-bond donors (Lipinski definition) is 0. The second kappa shape index (κ2) is 2.98. The van der Waals surface area contributed by atoms with Crippen LogP contribution in [0.2, 0.25) is 0 Å². The molecular formula is C12H7N5. The number of fused-ring (bicyclic) bond motifs is 6. The molecule has 4 aromatic rings. The lowest BCUT2D eigenvalue weighted by molar-refractivity contribution is 1.13. The van der Waals surface area contributed by atoms with Gasteiger partial charge in [0, 0.05) is 23.2 Å². The number of aromatic nitrogens is 5. The molecule has 0 aliphatic heterocycles. The van der Waals surface area contributed by atoms with Crippen molar-refractivity contribution < 1.29 is 0 Å². The molecule has 4 rings (SSSR count). The first-order valence-corrected chi connectivity index (χ1v) is 5.23. The Morgan fingerprint density at radius 3 is 3.00 bits per heavy atom. The minimum atomic E-state index is 0.855. The summed E-state index contributed by atoms with van der Waals surface area (Å²) in [4.78, 5) is 17.0. The van der Waals surface area contributed by atoms with Crippen LogP contribution in [0.15, 0.2) is 43.4 Å². The summed E-state index contributed by atoms with van der Waals surface area (Å²) in [5.41, 5.74) is 2.74. The van der Waals surface area contributed by atoms with Gasteiger partial charge in [0.15, 0.2) is 0 Å². The Morgan fingerprint density at radius 2 is 2.00 bits per heavy atom. The summed E-state index contributed by atoms with van der Waals surface area (Å²) < 4.78 is 1.94. The summed E-state index contributed by atoms with van der Waals surface area (Å²) in [6.07, 6.45) is 8.69. The number of hydrogen-bond acceptors (Lipinski definition) is 4. The van der Waals surface area contributed by atoms with E-state index < -0.39 is 0 Å². The van der Waals surface area contributed by atoms with Crippen molar-refractivity contribution in [2.24, 2.45) is 0 Å². The van der Waals surface area contributed by atoms with Gasteiger partial charge >= 0.3 is 0 Å². The lowest BCUT2D eigenvalue weighted by Crippen LogP contribution is -1.94. The number of nitrogens with zero attached hydrogens (tertiary/aromatic N) is 5. The zero-order chi connectivity index (χ0) is 11.2. The maximum Gasteiger partial charge on any atom is 0.149 e. The molecule has 5 nitrogen and oxygen atoms in total. The van der Waals surface area contributed by atoms with E-state index in [0.717, 1.165) is 27.5 Å². The van der Waals surface area contributed by atoms with E-state index in [1.165, 1.54) is 0 Å². The minimum Gasteiger partial charge on any atom is -0.281 e. The molecule has 0 spiro atoms. The van der Waals surface area contributed by atoms with E-state index in [4.69, 9.17) is 0 Å². The van der Waals surface area contributed by atoms with Gasteiger partial charge in [0.2, 0.25) is 0 Å². The van der Waals surface area contributed by atoms with Gasteiger partial charge in [-0.15, -0.1) is 0 Å². The zero-order valence-corrected chi connectivity index (χ0v) is 8.78. The van der Waals surface area contributed by atoms with Crippen LogP contribution in [0.1, 0.15) is 0 Å². The van der Waals surface area contributed by atoms with E-state index in [1.54, 1.807) is 25.0 Å². The minimum absolute atomic E-state index is 0.855. The van der Waals surface area contributed by atoms with Gasteiger partial charge in [0.1, 0.15) is 18.3 Å². The largest absolute Gasteiger partial charge is 0.281 e. The summed E-state index contributed by atoms with van der Waals surface area (Å²) >= 11 is 0. The number of rotatable bonds is 0. The van der Waals surface area contributed by atoms with Crippen molar-refractivity contribution >= 4 is 27.5 Å². The number of imidazole rings is 1. The molecule has 0 aromatic carbocycles. The lowest BCUT2D eigenvalue weighted by Gasteiger charge is -2.05. The Kier molecular flexibility index (Phi) is 1.50. The van der Waals surface area contributed by atoms with Crippen LogP contribution in [0, 0.1) is 0 Å². The number of pyridine rings is 2. The van der Waals surface area contributed by atoms with Crippen LogP contribution in [-0.4, -0.2) is 24.3 Å². The summed E-state index contributed by atoms with van der Waals surface area (Å²) in [5, 5.41) is 2.04. The summed E-state index contributed by atoms with van der Waals surface area (Å²) in [6.45, 7) is 0. The Bertz CT molecular complexity index is 779. The molecule has 0 saturated carbocycles. The average Bonchev–Trinajstić information content (AvgIpc) is 2.89. The van der Waals surface area contributed by atoms with Gasteiger partial charge < -0.3 is 0 Å². The van der Waals surface area contributed by atoms with Gasteiger partial charge in [-0.25, -0.2) is 15.0 Å². The molecule has 80 valence electrons. The highest BCUT2D eigenvalue weighted by molar-refractivity contribution is 6.09. The highest BCUT2D eigenvalue weighted by atomic mass is 15.0. The van der Waals surface area contributed by atoms with Gasteiger partial charge in [0.05, 0.1) is 17.2 Å². The second-order valence-electron chi connectivity index (χ2n) is 3.81. The fourth-order valence-electron chi connectivity index (χ4n) is 2.17. The molecule has 0 saturated heterocycles. The van der Waals surface area contributed by atoms with Crippen LogP contribution in [0.3, 0.4) is 0 Å². The molecule has 0 fully saturated rings. The predicted molar refractivity (Wildman–Crippen MR) is 63.6 cm³/mol. The van der Waals surface area contributed by atoms with E-state index in [-0.39, 0.29) is 0 Å². The van der Waals surface area contributed by atoms with Gasteiger partial charge in [0.25, 0.3) is 0 Å². The first-order valence-electron chi connectivity index (χ1n) is 5.23. The maximum absolute atomic E-state index is 4.42. The van der Waals surface area contributed by atoms with E-state index in [0.29, 0.717) is 0 Å². The SMILES string of the molecule is c1cnc2c(c1)c1cncnc1n1cncc21. The Labute approximate surface area is 95.8 Å². The van der Waals surface area contributed by atoms with Crippen molar-refractivity contribution in [1.29, 1.82) is 0 Å². The monoisotopic (exact) mass is 221 g/mol. The fraction of sp³-hybridized carbons (Fsp3) is 0. The van der Waals surface area contributed by atoms with E-state index in [1.807, 2.05) is 22.7 Å². The van der Waals surface area contributed by atoms with Gasteiger partial charge in [-0.3, -0.25) is 9.38 Å². The first kappa shape index (κ1) is 8.58. The highest BCUT2D eigenvalue weighted by Gasteiger charge is 2.09. The lowest BCUT2D eigenvalue weighted by atomic mass is 10.2. The summed E-state index contributed by atoms with van der Waals surface area (Å²) in [5.74, 6) is 0. The highest BCUT2D eigenvalue weighted by Crippen LogP contribution is 2.25. The molecule has 0 aliphatic carbocycles. The molecule has 0 radical (unpaired) electrons. The normalized spacial score (nSPS) is 11.5. The van der Waals surface area contributed by atoms with Crippen molar-refractivity contribution in [3.63, 3.8) is 0 Å². The molecule has 17 heavy (non-hydrogen) atoms. The standard InChI is InChI=1S/C12H7N5/c1-2-8-9-4-13-6-16-12(9)17-7-14-5-10(17)11(8)15-3-1/h1-7H. The molecule has 0 unspecified atom stereocenters. The third-order valence-corrected chi connectivity index (χ3v) is 2.90. The van der Waals surface area contributed by atoms with E-state index in [9.17, 15) is 0 Å². The van der Waals surface area contributed by atoms with Crippen LogP contribution in [-0.2, 0) is 0 Å². The maximum atomic E-state index is 4.42. The van der Waals surface area contributed by atoms with E-state index in [2.05, 4.69) is 19.9 Å². The van der Waals surface area contributed by atoms with E-state index >= 15 is 0 Å². The van der Waals surface area contributed by atoms with Crippen molar-refractivity contribution in [3.8, 4) is 0 Å². The van der Waals surface area contributed by atoms with Gasteiger partial charge in [-0.05, 0) is 6.07 Å². The van der Waals surface area contributed by atoms with Crippen molar-refractivity contribution in [3.05, 3.63) is 43.4 Å². The van der Waals surface area contributed by atoms with Crippen LogP contribution in [0.4, 0.5) is 0 Å². The molecule has 0 N–H and O–H groups in total. The van der Waals surface area contributed by atoms with Crippen LogP contribution in [0.25, 0.3) is 27.5 Å². The van der Waals surface area contributed by atoms with Crippen molar-refractivity contribution in [1.82, 2.24) is 24.3 Å². The Hall–Kier alpha value is -2.56. The van der Waals surface area contributed by atoms with Crippen LogP contribution in [0.5, 0.6) is 0 Å². The van der Waals surface area contributed by atoms with Crippen LogP contribution < -0.4 is 0 Å². The van der Waals surface area contributed by atoms with Gasteiger partial charge in [-0.1, -0.05) is 6.07 Å². The Morgan fingerprint density at radius 1 is 1.00 bits per heavy atom. The summed E-state index contributed by atoms with van der Waals surface area (Å²) in [6, 6.07) is 3.95. The molecule has 4 aromatic heterocycles. The zero-order valence-electron chi connectivity index (χ0n) is 8.78. The quantitative estimate of drug-likeness (QED) is 0.425. The first-order chi connectivity index (χ1) is 8.45. The average molecular weight is 221 g/mol. The third-order valence-electron chi connectivity index (χ3n) is 2.90. The summed E-state index contributed by atoms with van der Waals surface area (Å²) in [7, 11) is 0. The van der Waals surface area contributed by atoms with Crippen molar-refractivity contribution in [2.75, 3.05) is 0 Å². The molecule has 0 bridgehead atoms. The van der Waals surface area contributed by atoms with Crippen molar-refractivity contribution in [2.45, 2.75) is 0 Å². The Balaban J connectivity index is 2.48. The molecule has 0 aliphatic rings. The molecule has 0 amide bonds. The molecular weight excluding hydrogens is 214 g/mol. The predicted octanol–water partition coefficient (Wildman–Crippen LogP) is 1.83.